The summed E-state index contributed by atoms with van der Waals surface area (Å²) >= 11 is 3.41. The zero-order valence-corrected chi connectivity index (χ0v) is 13.0. The predicted octanol–water partition coefficient (Wildman–Crippen LogP) is 3.72. The summed E-state index contributed by atoms with van der Waals surface area (Å²) in [5, 5.41) is 3.01. The van der Waals surface area contributed by atoms with Gasteiger partial charge in [0, 0.05) is 23.4 Å². The number of rotatable bonds is 6. The van der Waals surface area contributed by atoms with E-state index in [9.17, 15) is 4.79 Å². The van der Waals surface area contributed by atoms with E-state index in [4.69, 9.17) is 4.42 Å². The van der Waals surface area contributed by atoms with Gasteiger partial charge in [0.25, 0.3) is 0 Å². The molecule has 0 fully saturated rings. The number of hydrogen-bond donors (Lipinski definition) is 1. The maximum absolute atomic E-state index is 11.8. The molecule has 0 saturated carbocycles. The van der Waals surface area contributed by atoms with E-state index in [0.717, 1.165) is 16.7 Å². The van der Waals surface area contributed by atoms with Crippen LogP contribution in [0.15, 0.2) is 51.6 Å². The Morgan fingerprint density at radius 1 is 1.30 bits per heavy atom. The molecule has 0 aliphatic carbocycles. The average Bonchev–Trinajstić information content (AvgIpc) is 2.92. The van der Waals surface area contributed by atoms with Crippen LogP contribution < -0.4 is 5.32 Å². The highest BCUT2D eigenvalue weighted by Gasteiger charge is 2.09. The Labute approximate surface area is 127 Å². The normalized spacial score (nSPS) is 12.1. The van der Waals surface area contributed by atoms with Gasteiger partial charge in [0.2, 0.25) is 5.91 Å². The smallest absolute Gasteiger partial charge is 0.220 e. The molecule has 1 aromatic heterocycles. The van der Waals surface area contributed by atoms with Crippen molar-refractivity contribution in [3.8, 4) is 0 Å². The van der Waals surface area contributed by atoms with E-state index >= 15 is 0 Å². The number of furan rings is 1. The molecule has 0 aliphatic rings. The third kappa shape index (κ3) is 4.85. The molecule has 0 aliphatic heterocycles. The standard InChI is InChI=1S/C16H18BrNO2/c1-12(11-13-4-6-14(17)7-5-13)18-16(19)9-8-15-3-2-10-20-15/h2-7,10,12H,8-9,11H2,1H3,(H,18,19)/t12-/m1/s1. The van der Waals surface area contributed by atoms with Crippen LogP contribution in [-0.2, 0) is 17.6 Å². The number of nitrogens with one attached hydrogen (secondary N) is 1. The average molecular weight is 336 g/mol. The van der Waals surface area contributed by atoms with E-state index in [-0.39, 0.29) is 11.9 Å². The van der Waals surface area contributed by atoms with Gasteiger partial charge in [0.15, 0.2) is 0 Å². The minimum absolute atomic E-state index is 0.0611. The van der Waals surface area contributed by atoms with Crippen LogP contribution in [0.1, 0.15) is 24.7 Å². The van der Waals surface area contributed by atoms with Crippen LogP contribution in [-0.4, -0.2) is 11.9 Å². The van der Waals surface area contributed by atoms with Gasteiger partial charge in [-0.25, -0.2) is 0 Å². The van der Waals surface area contributed by atoms with Crippen LogP contribution >= 0.6 is 15.9 Å². The quantitative estimate of drug-likeness (QED) is 0.874. The third-order valence-corrected chi connectivity index (χ3v) is 3.57. The Kier molecular flexibility index (Phi) is 5.41. The van der Waals surface area contributed by atoms with Gasteiger partial charge in [-0.15, -0.1) is 0 Å². The lowest BCUT2D eigenvalue weighted by atomic mass is 10.1. The van der Waals surface area contributed by atoms with Gasteiger partial charge >= 0.3 is 0 Å². The molecule has 0 spiro atoms. The van der Waals surface area contributed by atoms with Crippen molar-refractivity contribution in [1.82, 2.24) is 5.32 Å². The maximum Gasteiger partial charge on any atom is 0.220 e. The van der Waals surface area contributed by atoms with E-state index in [1.807, 2.05) is 31.2 Å². The highest BCUT2D eigenvalue weighted by Crippen LogP contribution is 2.12. The molecule has 0 radical (unpaired) electrons. The number of benzene rings is 1. The molecule has 4 heteroatoms. The number of amides is 1. The maximum atomic E-state index is 11.8. The molecule has 1 atom stereocenters. The first-order valence-corrected chi connectivity index (χ1v) is 7.49. The molecule has 0 bridgehead atoms. The molecular weight excluding hydrogens is 318 g/mol. The number of aryl methyl sites for hydroxylation is 1. The summed E-state index contributed by atoms with van der Waals surface area (Å²) in [7, 11) is 0. The van der Waals surface area contributed by atoms with Crippen molar-refractivity contribution in [3.05, 3.63) is 58.5 Å². The summed E-state index contributed by atoms with van der Waals surface area (Å²) < 4.78 is 6.28. The lowest BCUT2D eigenvalue weighted by molar-refractivity contribution is -0.121. The second kappa shape index (κ2) is 7.29. The number of carbonyl (C=O) groups is 1. The van der Waals surface area contributed by atoms with Gasteiger partial charge in [-0.3, -0.25) is 4.79 Å². The molecule has 1 aromatic carbocycles. The fourth-order valence-electron chi connectivity index (χ4n) is 2.06. The summed E-state index contributed by atoms with van der Waals surface area (Å²) in [5.41, 5.74) is 1.21. The molecule has 2 aromatic rings. The fourth-order valence-corrected chi connectivity index (χ4v) is 2.33. The topological polar surface area (TPSA) is 42.2 Å². The summed E-state index contributed by atoms with van der Waals surface area (Å²) in [4.78, 5) is 11.8. The number of carbonyl (C=O) groups excluding carboxylic acids is 1. The Morgan fingerprint density at radius 3 is 2.70 bits per heavy atom. The Morgan fingerprint density at radius 2 is 2.05 bits per heavy atom. The van der Waals surface area contributed by atoms with Crippen molar-refractivity contribution in [2.45, 2.75) is 32.2 Å². The summed E-state index contributed by atoms with van der Waals surface area (Å²) in [6, 6.07) is 12.0. The molecular formula is C16H18BrNO2. The Balaban J connectivity index is 1.74. The van der Waals surface area contributed by atoms with E-state index in [2.05, 4.69) is 33.4 Å². The fraction of sp³-hybridized carbons (Fsp3) is 0.312. The molecule has 0 unspecified atom stereocenters. The minimum Gasteiger partial charge on any atom is -0.469 e. The molecule has 20 heavy (non-hydrogen) atoms. The van der Waals surface area contributed by atoms with Crippen molar-refractivity contribution in [1.29, 1.82) is 0 Å². The first-order valence-electron chi connectivity index (χ1n) is 6.69. The molecule has 3 nitrogen and oxygen atoms in total. The highest BCUT2D eigenvalue weighted by molar-refractivity contribution is 9.10. The van der Waals surface area contributed by atoms with Gasteiger partial charge in [-0.1, -0.05) is 28.1 Å². The van der Waals surface area contributed by atoms with E-state index in [0.29, 0.717) is 12.8 Å². The highest BCUT2D eigenvalue weighted by atomic mass is 79.9. The monoisotopic (exact) mass is 335 g/mol. The van der Waals surface area contributed by atoms with Crippen LogP contribution in [0.4, 0.5) is 0 Å². The van der Waals surface area contributed by atoms with E-state index in [1.165, 1.54) is 5.56 Å². The van der Waals surface area contributed by atoms with Crippen LogP contribution in [0, 0.1) is 0 Å². The van der Waals surface area contributed by atoms with Crippen LogP contribution in [0.5, 0.6) is 0 Å². The van der Waals surface area contributed by atoms with E-state index < -0.39 is 0 Å². The van der Waals surface area contributed by atoms with Gasteiger partial charge in [-0.05, 0) is 43.2 Å². The minimum atomic E-state index is 0.0611. The Bertz CT molecular complexity index is 534. The summed E-state index contributed by atoms with van der Waals surface area (Å²) in [6.45, 7) is 2.02. The first-order chi connectivity index (χ1) is 9.63. The van der Waals surface area contributed by atoms with Crippen LogP contribution in [0.2, 0.25) is 0 Å². The molecule has 0 saturated heterocycles. The zero-order valence-electron chi connectivity index (χ0n) is 11.4. The third-order valence-electron chi connectivity index (χ3n) is 3.04. The molecule has 1 heterocycles. The molecule has 1 N–H and O–H groups in total. The predicted molar refractivity (Wildman–Crippen MR) is 82.5 cm³/mol. The SMILES string of the molecule is C[C@H](Cc1ccc(Br)cc1)NC(=O)CCc1ccco1. The van der Waals surface area contributed by atoms with Crippen molar-refractivity contribution in [3.63, 3.8) is 0 Å². The summed E-state index contributed by atoms with van der Waals surface area (Å²) in [5.74, 6) is 0.909. The largest absolute Gasteiger partial charge is 0.469 e. The number of halogens is 1. The molecule has 2 rings (SSSR count). The molecule has 106 valence electrons. The van der Waals surface area contributed by atoms with Gasteiger partial charge < -0.3 is 9.73 Å². The first kappa shape index (κ1) is 14.9. The molecule has 1 amide bonds. The van der Waals surface area contributed by atoms with Crippen molar-refractivity contribution < 1.29 is 9.21 Å². The van der Waals surface area contributed by atoms with Crippen molar-refractivity contribution >= 4 is 21.8 Å². The Hall–Kier alpha value is -1.55. The van der Waals surface area contributed by atoms with Crippen molar-refractivity contribution in [2.75, 3.05) is 0 Å². The summed E-state index contributed by atoms with van der Waals surface area (Å²) in [6.07, 6.45) is 3.56. The van der Waals surface area contributed by atoms with E-state index in [1.54, 1.807) is 6.26 Å². The lowest BCUT2D eigenvalue weighted by Gasteiger charge is -2.13. The second-order valence-corrected chi connectivity index (χ2v) is 5.79. The zero-order chi connectivity index (χ0) is 14.4. The van der Waals surface area contributed by atoms with Crippen molar-refractivity contribution in [2.24, 2.45) is 0 Å². The lowest BCUT2D eigenvalue weighted by Crippen LogP contribution is -2.34. The second-order valence-electron chi connectivity index (χ2n) is 4.88. The van der Waals surface area contributed by atoms with Gasteiger partial charge in [-0.2, -0.15) is 0 Å². The van der Waals surface area contributed by atoms with Crippen LogP contribution in [0.25, 0.3) is 0 Å². The number of hydrogen-bond acceptors (Lipinski definition) is 2. The van der Waals surface area contributed by atoms with Gasteiger partial charge in [0.1, 0.15) is 5.76 Å². The van der Waals surface area contributed by atoms with Gasteiger partial charge in [0.05, 0.1) is 6.26 Å². The van der Waals surface area contributed by atoms with Crippen LogP contribution in [0.3, 0.4) is 0 Å².